The van der Waals surface area contributed by atoms with Gasteiger partial charge in [-0.05, 0) is 48.0 Å². The predicted octanol–water partition coefficient (Wildman–Crippen LogP) is 2.07. The Balaban J connectivity index is 2.34. The Hall–Kier alpha value is -1.75. The lowest BCUT2D eigenvalue weighted by atomic mass is 10.0. The van der Waals surface area contributed by atoms with Crippen LogP contribution in [0.5, 0.6) is 0 Å². The molecule has 0 aliphatic carbocycles. The number of benzene rings is 1. The molecule has 0 saturated heterocycles. The summed E-state index contributed by atoms with van der Waals surface area (Å²) in [6.07, 6.45) is 0. The van der Waals surface area contributed by atoms with Crippen LogP contribution in [0.1, 0.15) is 44.1 Å². The van der Waals surface area contributed by atoms with Gasteiger partial charge in [-0.25, -0.2) is 0 Å². The average Bonchev–Trinajstić information content (AvgIpc) is 2.87. The molecular weight excluding hydrogens is 226 g/mol. The van der Waals surface area contributed by atoms with E-state index in [0.717, 1.165) is 11.5 Å². The first-order valence-electron chi connectivity index (χ1n) is 6.19. The number of hydrogen-bond acceptors (Lipinski definition) is 4. The quantitative estimate of drug-likeness (QED) is 0.896. The fourth-order valence-corrected chi connectivity index (χ4v) is 1.78. The number of nitrogens with zero attached hydrogens (tertiary/aromatic N) is 4. The van der Waals surface area contributed by atoms with Crippen LogP contribution in [0.3, 0.4) is 0 Å². The van der Waals surface area contributed by atoms with Crippen LogP contribution in [-0.2, 0) is 0 Å². The standard InChI is InChI=1S/C13H19N5/c1-9(2)11-5-7-12(8-6-11)18-13(10(3)14-4)15-16-17-18/h5-10,14H,1-4H3. The molecule has 1 N–H and O–H groups in total. The van der Waals surface area contributed by atoms with Crippen LogP contribution in [0.15, 0.2) is 24.3 Å². The van der Waals surface area contributed by atoms with Crippen LogP contribution in [0, 0.1) is 0 Å². The molecular formula is C13H19N5. The molecule has 0 fully saturated rings. The highest BCUT2D eigenvalue weighted by Crippen LogP contribution is 2.18. The van der Waals surface area contributed by atoms with E-state index in [1.165, 1.54) is 5.56 Å². The van der Waals surface area contributed by atoms with Crippen LogP contribution in [0.4, 0.5) is 0 Å². The molecule has 1 unspecified atom stereocenters. The summed E-state index contributed by atoms with van der Waals surface area (Å²) < 4.78 is 1.77. The van der Waals surface area contributed by atoms with E-state index in [9.17, 15) is 0 Å². The maximum atomic E-state index is 4.06. The molecule has 96 valence electrons. The van der Waals surface area contributed by atoms with Gasteiger partial charge >= 0.3 is 0 Å². The molecule has 18 heavy (non-hydrogen) atoms. The lowest BCUT2D eigenvalue weighted by Crippen LogP contribution is -2.17. The molecule has 1 aromatic heterocycles. The first-order valence-corrected chi connectivity index (χ1v) is 6.19. The Bertz CT molecular complexity index is 500. The van der Waals surface area contributed by atoms with Crippen molar-refractivity contribution in [3.63, 3.8) is 0 Å². The second-order valence-electron chi connectivity index (χ2n) is 4.71. The smallest absolute Gasteiger partial charge is 0.173 e. The molecule has 1 heterocycles. The summed E-state index contributed by atoms with van der Waals surface area (Å²) >= 11 is 0. The Morgan fingerprint density at radius 3 is 2.33 bits per heavy atom. The first kappa shape index (κ1) is 12.7. The van der Waals surface area contributed by atoms with Gasteiger partial charge in [-0.2, -0.15) is 4.68 Å². The van der Waals surface area contributed by atoms with Gasteiger partial charge in [-0.1, -0.05) is 26.0 Å². The van der Waals surface area contributed by atoms with Crippen molar-refractivity contribution < 1.29 is 0 Å². The van der Waals surface area contributed by atoms with E-state index in [4.69, 9.17) is 0 Å². The zero-order valence-corrected chi connectivity index (χ0v) is 11.3. The highest BCUT2D eigenvalue weighted by Gasteiger charge is 2.13. The van der Waals surface area contributed by atoms with Gasteiger partial charge in [0.2, 0.25) is 0 Å². The lowest BCUT2D eigenvalue weighted by molar-refractivity contribution is 0.588. The zero-order chi connectivity index (χ0) is 13.1. The molecule has 0 aliphatic heterocycles. The van der Waals surface area contributed by atoms with Crippen LogP contribution in [0.2, 0.25) is 0 Å². The zero-order valence-electron chi connectivity index (χ0n) is 11.3. The van der Waals surface area contributed by atoms with Crippen LogP contribution >= 0.6 is 0 Å². The number of aromatic nitrogens is 4. The minimum atomic E-state index is 0.116. The van der Waals surface area contributed by atoms with Crippen molar-refractivity contribution in [1.82, 2.24) is 25.5 Å². The Kier molecular flexibility index (Phi) is 3.72. The van der Waals surface area contributed by atoms with E-state index >= 15 is 0 Å². The van der Waals surface area contributed by atoms with Gasteiger partial charge in [0, 0.05) is 0 Å². The lowest BCUT2D eigenvalue weighted by Gasteiger charge is -2.11. The van der Waals surface area contributed by atoms with Crippen LogP contribution in [0.25, 0.3) is 5.69 Å². The maximum Gasteiger partial charge on any atom is 0.173 e. The molecule has 0 saturated carbocycles. The summed E-state index contributed by atoms with van der Waals surface area (Å²) in [5.41, 5.74) is 2.30. The monoisotopic (exact) mass is 245 g/mol. The predicted molar refractivity (Wildman–Crippen MR) is 70.7 cm³/mol. The number of nitrogens with one attached hydrogen (secondary N) is 1. The third kappa shape index (κ3) is 2.41. The SMILES string of the molecule is CNC(C)c1nnnn1-c1ccc(C(C)C)cc1. The molecule has 0 bridgehead atoms. The topological polar surface area (TPSA) is 55.6 Å². The number of hydrogen-bond donors (Lipinski definition) is 1. The molecule has 5 heteroatoms. The molecule has 0 spiro atoms. The van der Waals surface area contributed by atoms with Gasteiger partial charge in [0.15, 0.2) is 5.82 Å². The van der Waals surface area contributed by atoms with Crippen molar-refractivity contribution in [1.29, 1.82) is 0 Å². The van der Waals surface area contributed by atoms with Gasteiger partial charge in [-0.15, -0.1) is 5.10 Å². The minimum absolute atomic E-state index is 0.116. The molecule has 2 rings (SSSR count). The van der Waals surface area contributed by atoms with E-state index < -0.39 is 0 Å². The molecule has 1 aromatic carbocycles. The van der Waals surface area contributed by atoms with Gasteiger partial charge in [0.25, 0.3) is 0 Å². The summed E-state index contributed by atoms with van der Waals surface area (Å²) in [4.78, 5) is 0. The fraction of sp³-hybridized carbons (Fsp3) is 0.462. The Morgan fingerprint density at radius 2 is 1.78 bits per heavy atom. The highest BCUT2D eigenvalue weighted by atomic mass is 15.5. The average molecular weight is 245 g/mol. The van der Waals surface area contributed by atoms with Crippen molar-refractivity contribution in [2.75, 3.05) is 7.05 Å². The Morgan fingerprint density at radius 1 is 1.11 bits per heavy atom. The van der Waals surface area contributed by atoms with E-state index in [-0.39, 0.29) is 6.04 Å². The summed E-state index contributed by atoms with van der Waals surface area (Å²) in [5, 5.41) is 15.0. The summed E-state index contributed by atoms with van der Waals surface area (Å²) in [7, 11) is 1.89. The molecule has 0 aliphatic rings. The molecule has 2 aromatic rings. The van der Waals surface area contributed by atoms with E-state index in [1.54, 1.807) is 4.68 Å². The van der Waals surface area contributed by atoms with Gasteiger partial charge in [0.1, 0.15) is 0 Å². The molecule has 0 amide bonds. The number of tetrazole rings is 1. The molecule has 5 nitrogen and oxygen atoms in total. The van der Waals surface area contributed by atoms with Crippen molar-refractivity contribution in [2.45, 2.75) is 32.7 Å². The van der Waals surface area contributed by atoms with Crippen molar-refractivity contribution >= 4 is 0 Å². The van der Waals surface area contributed by atoms with Gasteiger partial charge in [0.05, 0.1) is 11.7 Å². The summed E-state index contributed by atoms with van der Waals surface area (Å²) in [6.45, 7) is 6.39. The normalized spacial score (nSPS) is 12.9. The van der Waals surface area contributed by atoms with Crippen LogP contribution in [-0.4, -0.2) is 27.3 Å². The summed E-state index contributed by atoms with van der Waals surface area (Å²) in [5.74, 6) is 1.35. The highest BCUT2D eigenvalue weighted by molar-refractivity contribution is 5.35. The van der Waals surface area contributed by atoms with Crippen molar-refractivity contribution in [2.24, 2.45) is 0 Å². The minimum Gasteiger partial charge on any atom is -0.311 e. The summed E-state index contributed by atoms with van der Waals surface area (Å²) in [6, 6.07) is 8.46. The van der Waals surface area contributed by atoms with Gasteiger partial charge in [-0.3, -0.25) is 0 Å². The maximum absolute atomic E-state index is 4.06. The number of rotatable bonds is 4. The third-order valence-electron chi connectivity index (χ3n) is 3.12. The first-order chi connectivity index (χ1) is 8.63. The Labute approximate surface area is 107 Å². The van der Waals surface area contributed by atoms with Crippen molar-refractivity contribution in [3.05, 3.63) is 35.7 Å². The van der Waals surface area contributed by atoms with Gasteiger partial charge < -0.3 is 5.32 Å². The second kappa shape index (κ2) is 5.27. The largest absolute Gasteiger partial charge is 0.311 e. The van der Waals surface area contributed by atoms with E-state index in [0.29, 0.717) is 5.92 Å². The second-order valence-corrected chi connectivity index (χ2v) is 4.71. The van der Waals surface area contributed by atoms with E-state index in [2.05, 4.69) is 59.0 Å². The van der Waals surface area contributed by atoms with E-state index in [1.807, 2.05) is 14.0 Å². The fourth-order valence-electron chi connectivity index (χ4n) is 1.78. The van der Waals surface area contributed by atoms with Crippen molar-refractivity contribution in [3.8, 4) is 5.69 Å². The molecule has 0 radical (unpaired) electrons. The third-order valence-corrected chi connectivity index (χ3v) is 3.12. The molecule has 1 atom stereocenters. The van der Waals surface area contributed by atoms with Crippen LogP contribution < -0.4 is 5.32 Å².